The number of likely N-dealkylation sites (tertiary alicyclic amines) is 1. The molecule has 0 aromatic heterocycles. The number of hydrogen-bond donors (Lipinski definition) is 0. The van der Waals surface area contributed by atoms with Crippen molar-refractivity contribution in [2.75, 3.05) is 19.6 Å². The highest BCUT2D eigenvalue weighted by Crippen LogP contribution is 2.16. The molecule has 0 atom stereocenters. The van der Waals surface area contributed by atoms with Crippen LogP contribution in [0.25, 0.3) is 0 Å². The first-order valence-corrected chi connectivity index (χ1v) is 4.43. The standard InChI is InChI=1S/C8H11N3O2/c12-11(13)7-3-4-9-8(7)10-5-1-2-6-10/h3H,1-2,4-6H2. The minimum atomic E-state index is -0.343. The maximum absolute atomic E-state index is 10.6. The van der Waals surface area contributed by atoms with E-state index in [1.807, 2.05) is 4.90 Å². The molecule has 1 saturated heterocycles. The maximum atomic E-state index is 10.6. The number of hydrogen-bond acceptors (Lipinski definition) is 4. The Labute approximate surface area is 75.9 Å². The summed E-state index contributed by atoms with van der Waals surface area (Å²) >= 11 is 0. The van der Waals surface area contributed by atoms with Gasteiger partial charge in [0.25, 0.3) is 0 Å². The number of aliphatic imine (C=N–C) groups is 1. The van der Waals surface area contributed by atoms with Crippen LogP contribution in [0.3, 0.4) is 0 Å². The van der Waals surface area contributed by atoms with Gasteiger partial charge in [-0.3, -0.25) is 15.1 Å². The Morgan fingerprint density at radius 1 is 1.46 bits per heavy atom. The smallest absolute Gasteiger partial charge is 0.309 e. The molecule has 13 heavy (non-hydrogen) atoms. The Balaban J connectivity index is 2.15. The van der Waals surface area contributed by atoms with Gasteiger partial charge in [0.1, 0.15) is 0 Å². The molecule has 0 aromatic carbocycles. The maximum Gasteiger partial charge on any atom is 0.309 e. The Bertz CT molecular complexity index is 290. The lowest BCUT2D eigenvalue weighted by atomic mass is 10.4. The van der Waals surface area contributed by atoms with E-state index in [0.29, 0.717) is 12.4 Å². The zero-order valence-electron chi connectivity index (χ0n) is 7.27. The number of nitrogens with zero attached hydrogens (tertiary/aromatic N) is 3. The SMILES string of the molecule is O=[N+]([O-])C1=CCN=C1N1CCCC1. The van der Waals surface area contributed by atoms with Crippen molar-refractivity contribution >= 4 is 5.84 Å². The summed E-state index contributed by atoms with van der Waals surface area (Å²) in [6.45, 7) is 2.27. The third-order valence-electron chi connectivity index (χ3n) is 2.36. The Kier molecular flexibility index (Phi) is 2.00. The highest BCUT2D eigenvalue weighted by Gasteiger charge is 2.29. The third-order valence-corrected chi connectivity index (χ3v) is 2.36. The van der Waals surface area contributed by atoms with Crippen LogP contribution in [-0.4, -0.2) is 35.3 Å². The number of amidine groups is 1. The first-order valence-electron chi connectivity index (χ1n) is 4.43. The fraction of sp³-hybridized carbons (Fsp3) is 0.625. The van der Waals surface area contributed by atoms with Crippen molar-refractivity contribution in [3.63, 3.8) is 0 Å². The molecular formula is C8H11N3O2. The van der Waals surface area contributed by atoms with Crippen LogP contribution < -0.4 is 0 Å². The molecule has 5 heteroatoms. The van der Waals surface area contributed by atoms with E-state index >= 15 is 0 Å². The van der Waals surface area contributed by atoms with Gasteiger partial charge < -0.3 is 4.90 Å². The average molecular weight is 181 g/mol. The summed E-state index contributed by atoms with van der Waals surface area (Å²) in [6.07, 6.45) is 3.81. The van der Waals surface area contributed by atoms with Crippen molar-refractivity contribution in [3.05, 3.63) is 21.9 Å². The second-order valence-electron chi connectivity index (χ2n) is 3.20. The fourth-order valence-electron chi connectivity index (χ4n) is 1.74. The van der Waals surface area contributed by atoms with Gasteiger partial charge in [0.05, 0.1) is 11.5 Å². The molecule has 1 fully saturated rings. The molecule has 5 nitrogen and oxygen atoms in total. The molecular weight excluding hydrogens is 170 g/mol. The Hall–Kier alpha value is -1.39. The monoisotopic (exact) mass is 181 g/mol. The molecule has 0 N–H and O–H groups in total. The lowest BCUT2D eigenvalue weighted by Crippen LogP contribution is -2.30. The van der Waals surface area contributed by atoms with Gasteiger partial charge in [0.15, 0.2) is 0 Å². The van der Waals surface area contributed by atoms with E-state index in [1.54, 1.807) is 6.08 Å². The molecule has 2 rings (SSSR count). The molecule has 0 bridgehead atoms. The van der Waals surface area contributed by atoms with E-state index in [0.717, 1.165) is 25.9 Å². The molecule has 2 aliphatic heterocycles. The van der Waals surface area contributed by atoms with Crippen LogP contribution in [0, 0.1) is 10.1 Å². The topological polar surface area (TPSA) is 58.7 Å². The summed E-state index contributed by atoms with van der Waals surface area (Å²) in [5.74, 6) is 0.586. The van der Waals surface area contributed by atoms with E-state index in [-0.39, 0.29) is 10.6 Å². The van der Waals surface area contributed by atoms with Gasteiger partial charge in [-0.1, -0.05) is 0 Å². The molecule has 0 aromatic rings. The zero-order chi connectivity index (χ0) is 9.26. The van der Waals surface area contributed by atoms with Crippen LogP contribution in [0.4, 0.5) is 0 Å². The molecule has 0 saturated carbocycles. The van der Waals surface area contributed by atoms with Crippen molar-refractivity contribution in [3.8, 4) is 0 Å². The first-order chi connectivity index (χ1) is 6.29. The van der Waals surface area contributed by atoms with Crippen LogP contribution >= 0.6 is 0 Å². The van der Waals surface area contributed by atoms with Crippen LogP contribution in [0.2, 0.25) is 0 Å². The molecule has 2 heterocycles. The molecule has 0 spiro atoms. The van der Waals surface area contributed by atoms with Crippen molar-refractivity contribution in [2.24, 2.45) is 4.99 Å². The van der Waals surface area contributed by atoms with Gasteiger partial charge in [-0.05, 0) is 12.8 Å². The quantitative estimate of drug-likeness (QED) is 0.441. The van der Waals surface area contributed by atoms with Crippen molar-refractivity contribution < 1.29 is 4.92 Å². The Morgan fingerprint density at radius 3 is 2.77 bits per heavy atom. The van der Waals surface area contributed by atoms with Gasteiger partial charge >= 0.3 is 5.70 Å². The predicted octanol–water partition coefficient (Wildman–Crippen LogP) is 0.655. The largest absolute Gasteiger partial charge is 0.351 e. The summed E-state index contributed by atoms with van der Waals surface area (Å²) < 4.78 is 0. The highest BCUT2D eigenvalue weighted by molar-refractivity contribution is 5.97. The van der Waals surface area contributed by atoms with Gasteiger partial charge in [-0.25, -0.2) is 0 Å². The summed E-state index contributed by atoms with van der Waals surface area (Å²) in [5.41, 5.74) is 0.182. The van der Waals surface area contributed by atoms with E-state index < -0.39 is 0 Å². The van der Waals surface area contributed by atoms with Crippen LogP contribution in [-0.2, 0) is 0 Å². The van der Waals surface area contributed by atoms with E-state index in [1.165, 1.54) is 0 Å². The fourth-order valence-corrected chi connectivity index (χ4v) is 1.74. The summed E-state index contributed by atoms with van der Waals surface area (Å²) in [5, 5.41) is 10.6. The number of rotatable bonds is 1. The first kappa shape index (κ1) is 8.22. The third kappa shape index (κ3) is 1.41. The zero-order valence-corrected chi connectivity index (χ0v) is 7.27. The minimum absolute atomic E-state index is 0.182. The highest BCUT2D eigenvalue weighted by atomic mass is 16.6. The van der Waals surface area contributed by atoms with Gasteiger partial charge in [0.2, 0.25) is 5.84 Å². The molecule has 2 aliphatic rings. The van der Waals surface area contributed by atoms with Crippen LogP contribution in [0.5, 0.6) is 0 Å². The summed E-state index contributed by atoms with van der Waals surface area (Å²) in [6, 6.07) is 0. The predicted molar refractivity (Wildman–Crippen MR) is 48.2 cm³/mol. The lowest BCUT2D eigenvalue weighted by Gasteiger charge is -2.15. The number of nitro groups is 1. The van der Waals surface area contributed by atoms with Crippen molar-refractivity contribution in [1.29, 1.82) is 0 Å². The Morgan fingerprint density at radius 2 is 2.15 bits per heavy atom. The van der Waals surface area contributed by atoms with Crippen molar-refractivity contribution in [1.82, 2.24) is 4.90 Å². The van der Waals surface area contributed by atoms with E-state index in [9.17, 15) is 10.1 Å². The molecule has 0 aliphatic carbocycles. The van der Waals surface area contributed by atoms with Crippen molar-refractivity contribution in [2.45, 2.75) is 12.8 Å². The molecule has 0 amide bonds. The van der Waals surface area contributed by atoms with Gasteiger partial charge in [-0.2, -0.15) is 0 Å². The van der Waals surface area contributed by atoms with E-state index in [2.05, 4.69) is 4.99 Å². The molecule has 70 valence electrons. The van der Waals surface area contributed by atoms with Crippen LogP contribution in [0.1, 0.15) is 12.8 Å². The second-order valence-corrected chi connectivity index (χ2v) is 3.20. The normalized spacial score (nSPS) is 21.7. The summed E-state index contributed by atoms with van der Waals surface area (Å²) in [7, 11) is 0. The van der Waals surface area contributed by atoms with Crippen LogP contribution in [0.15, 0.2) is 16.8 Å². The van der Waals surface area contributed by atoms with Gasteiger partial charge in [0, 0.05) is 19.2 Å². The second kappa shape index (κ2) is 3.16. The molecule has 0 radical (unpaired) electrons. The van der Waals surface area contributed by atoms with Gasteiger partial charge in [-0.15, -0.1) is 0 Å². The molecule has 0 unspecified atom stereocenters. The average Bonchev–Trinajstić information content (AvgIpc) is 2.74. The summed E-state index contributed by atoms with van der Waals surface area (Å²) in [4.78, 5) is 16.4. The van der Waals surface area contributed by atoms with E-state index in [4.69, 9.17) is 0 Å². The minimum Gasteiger partial charge on any atom is -0.351 e. The lowest BCUT2D eigenvalue weighted by molar-refractivity contribution is -0.415.